The molecule has 3 aromatic carbocycles. The standard InChI is InChI=1S/C30H32O9/c1-16-12-18-13-20(33-3)24(34-4)26(35-5)22(18)23-19(14-21-25(27(23)36-6)38-15-37-21)28(30(16,2)32)39-29(31)17-10-8-7-9-11-17/h7-11,13-14,16,28,32H,12,15H2,1-6H3/t16-,28+,30+/m1/s1. The summed E-state index contributed by atoms with van der Waals surface area (Å²) < 4.78 is 40.8. The van der Waals surface area contributed by atoms with Gasteiger partial charge in [0.15, 0.2) is 29.1 Å². The van der Waals surface area contributed by atoms with Gasteiger partial charge in [-0.2, -0.15) is 0 Å². The lowest BCUT2D eigenvalue weighted by Gasteiger charge is -2.41. The van der Waals surface area contributed by atoms with Gasteiger partial charge in [-0.05, 0) is 49.1 Å². The van der Waals surface area contributed by atoms with Crippen molar-refractivity contribution in [3.8, 4) is 45.6 Å². The lowest BCUT2D eigenvalue weighted by atomic mass is 9.73. The van der Waals surface area contributed by atoms with Crippen LogP contribution >= 0.6 is 0 Å². The number of benzene rings is 3. The molecule has 1 N–H and O–H groups in total. The average Bonchev–Trinajstić information content (AvgIpc) is 3.42. The summed E-state index contributed by atoms with van der Waals surface area (Å²) in [6.07, 6.45) is -0.709. The van der Waals surface area contributed by atoms with Crippen molar-refractivity contribution in [1.29, 1.82) is 0 Å². The number of carbonyl (C=O) groups excluding carboxylic acids is 1. The Kier molecular flexibility index (Phi) is 6.94. The second kappa shape index (κ2) is 10.2. The van der Waals surface area contributed by atoms with Gasteiger partial charge in [0.05, 0.1) is 34.0 Å². The normalized spacial score (nSPS) is 21.1. The van der Waals surface area contributed by atoms with Crippen molar-refractivity contribution >= 4 is 5.97 Å². The van der Waals surface area contributed by atoms with Crippen LogP contribution in [0.1, 0.15) is 41.4 Å². The maximum absolute atomic E-state index is 13.4. The van der Waals surface area contributed by atoms with Gasteiger partial charge in [0.1, 0.15) is 5.60 Å². The minimum absolute atomic E-state index is 0.00816. The van der Waals surface area contributed by atoms with Gasteiger partial charge >= 0.3 is 5.97 Å². The van der Waals surface area contributed by atoms with Crippen LogP contribution in [-0.4, -0.2) is 51.9 Å². The minimum atomic E-state index is -1.50. The van der Waals surface area contributed by atoms with Gasteiger partial charge in [-0.3, -0.25) is 0 Å². The third kappa shape index (κ3) is 4.27. The van der Waals surface area contributed by atoms with E-state index in [9.17, 15) is 9.90 Å². The molecule has 1 heterocycles. The molecule has 0 radical (unpaired) electrons. The predicted octanol–water partition coefficient (Wildman–Crippen LogP) is 4.96. The van der Waals surface area contributed by atoms with Crippen LogP contribution < -0.4 is 28.4 Å². The molecule has 1 aliphatic heterocycles. The maximum Gasteiger partial charge on any atom is 0.338 e. The highest BCUT2D eigenvalue weighted by Gasteiger charge is 2.47. The van der Waals surface area contributed by atoms with Crippen LogP contribution in [0.3, 0.4) is 0 Å². The first-order valence-corrected chi connectivity index (χ1v) is 12.6. The van der Waals surface area contributed by atoms with Crippen LogP contribution in [0.2, 0.25) is 0 Å². The number of ether oxygens (including phenoxy) is 7. The Morgan fingerprint density at radius 3 is 2.26 bits per heavy atom. The average molecular weight is 537 g/mol. The molecule has 0 unspecified atom stereocenters. The molecule has 1 aliphatic carbocycles. The second-order valence-corrected chi connectivity index (χ2v) is 9.77. The smallest absolute Gasteiger partial charge is 0.338 e. The lowest BCUT2D eigenvalue weighted by molar-refractivity contribution is -0.107. The van der Waals surface area contributed by atoms with E-state index in [4.69, 9.17) is 33.2 Å². The molecule has 3 aromatic rings. The van der Waals surface area contributed by atoms with E-state index >= 15 is 0 Å². The summed E-state index contributed by atoms with van der Waals surface area (Å²) in [5.41, 5.74) is 1.35. The van der Waals surface area contributed by atoms with Gasteiger partial charge in [-0.15, -0.1) is 0 Å². The van der Waals surface area contributed by atoms with E-state index in [-0.39, 0.29) is 12.7 Å². The highest BCUT2D eigenvalue weighted by Crippen LogP contribution is 2.59. The van der Waals surface area contributed by atoms with E-state index in [2.05, 4.69) is 0 Å². The fourth-order valence-corrected chi connectivity index (χ4v) is 5.37. The van der Waals surface area contributed by atoms with Crippen molar-refractivity contribution in [3.63, 3.8) is 0 Å². The highest BCUT2D eigenvalue weighted by atomic mass is 16.7. The molecule has 0 amide bonds. The Bertz CT molecular complexity index is 1400. The van der Waals surface area contributed by atoms with Crippen LogP contribution in [0, 0.1) is 5.92 Å². The van der Waals surface area contributed by atoms with Gasteiger partial charge < -0.3 is 38.3 Å². The zero-order chi connectivity index (χ0) is 27.9. The quantitative estimate of drug-likeness (QED) is 0.438. The Morgan fingerprint density at radius 1 is 0.923 bits per heavy atom. The summed E-state index contributed by atoms with van der Waals surface area (Å²) >= 11 is 0. The zero-order valence-electron chi connectivity index (χ0n) is 22.8. The molecule has 9 nitrogen and oxygen atoms in total. The van der Waals surface area contributed by atoms with E-state index in [1.807, 2.05) is 19.1 Å². The Balaban J connectivity index is 1.86. The minimum Gasteiger partial charge on any atom is -0.493 e. The van der Waals surface area contributed by atoms with Crippen molar-refractivity contribution in [1.82, 2.24) is 0 Å². The fraction of sp³-hybridized carbons (Fsp3) is 0.367. The van der Waals surface area contributed by atoms with E-state index in [1.165, 1.54) is 14.2 Å². The Labute approximate surface area is 227 Å². The molecular formula is C30H32O9. The molecule has 9 heteroatoms. The molecule has 206 valence electrons. The van der Waals surface area contributed by atoms with E-state index in [1.54, 1.807) is 51.5 Å². The summed E-state index contributed by atoms with van der Waals surface area (Å²) in [4.78, 5) is 13.4. The molecule has 39 heavy (non-hydrogen) atoms. The number of rotatable bonds is 6. The molecule has 2 aliphatic rings. The second-order valence-electron chi connectivity index (χ2n) is 9.77. The summed E-state index contributed by atoms with van der Waals surface area (Å²) in [5, 5.41) is 12.1. The number of aliphatic hydroxyl groups is 1. The fourth-order valence-electron chi connectivity index (χ4n) is 5.37. The molecule has 0 saturated carbocycles. The summed E-state index contributed by atoms with van der Waals surface area (Å²) in [7, 11) is 6.15. The first-order chi connectivity index (χ1) is 18.8. The van der Waals surface area contributed by atoms with E-state index in [0.717, 1.165) is 5.56 Å². The Morgan fingerprint density at radius 2 is 1.62 bits per heavy atom. The number of hydrogen-bond acceptors (Lipinski definition) is 9. The lowest BCUT2D eigenvalue weighted by Crippen LogP contribution is -2.43. The van der Waals surface area contributed by atoms with Gasteiger partial charge in [0, 0.05) is 16.7 Å². The summed E-state index contributed by atoms with van der Waals surface area (Å²) in [6.45, 7) is 3.57. The van der Waals surface area contributed by atoms with Crippen LogP contribution in [0.15, 0.2) is 42.5 Å². The Hall–Kier alpha value is -4.11. The van der Waals surface area contributed by atoms with Gasteiger partial charge in [0.25, 0.3) is 0 Å². The summed E-state index contributed by atoms with van der Waals surface area (Å²) in [5.74, 6) is 1.51. The molecular weight excluding hydrogens is 504 g/mol. The number of fused-ring (bicyclic) bond motifs is 4. The van der Waals surface area contributed by atoms with Crippen LogP contribution in [0.5, 0.6) is 34.5 Å². The van der Waals surface area contributed by atoms with Gasteiger partial charge in [0.2, 0.25) is 18.3 Å². The van der Waals surface area contributed by atoms with Crippen molar-refractivity contribution in [3.05, 3.63) is 59.2 Å². The first kappa shape index (κ1) is 26.5. The highest BCUT2D eigenvalue weighted by molar-refractivity contribution is 5.91. The molecule has 5 rings (SSSR count). The topological polar surface area (TPSA) is 102 Å². The summed E-state index contributed by atoms with van der Waals surface area (Å²) in [6, 6.07) is 12.3. The first-order valence-electron chi connectivity index (χ1n) is 12.6. The molecule has 0 spiro atoms. The van der Waals surface area contributed by atoms with Crippen LogP contribution in [-0.2, 0) is 11.2 Å². The molecule has 0 fully saturated rings. The van der Waals surface area contributed by atoms with Gasteiger partial charge in [-0.25, -0.2) is 4.79 Å². The van der Waals surface area contributed by atoms with Crippen molar-refractivity contribution in [2.75, 3.05) is 35.2 Å². The molecule has 3 atom stereocenters. The van der Waals surface area contributed by atoms with Crippen LogP contribution in [0.25, 0.3) is 11.1 Å². The third-order valence-electron chi connectivity index (χ3n) is 7.59. The van der Waals surface area contributed by atoms with Crippen molar-refractivity contribution in [2.45, 2.75) is 32.0 Å². The maximum atomic E-state index is 13.4. The van der Waals surface area contributed by atoms with Crippen molar-refractivity contribution in [2.24, 2.45) is 5.92 Å². The third-order valence-corrected chi connectivity index (χ3v) is 7.59. The SMILES string of the molecule is COc1cc2c(c(OC)c1OC)-c1c(cc3c(c1OC)OCO3)[C@H](OC(=O)c1ccccc1)[C@@](C)(O)[C@H](C)C2. The molecule has 0 saturated heterocycles. The molecule has 0 bridgehead atoms. The van der Waals surface area contributed by atoms with E-state index in [0.29, 0.717) is 63.2 Å². The number of methoxy groups -OCH3 is 4. The number of hydrogen-bond donors (Lipinski definition) is 1. The van der Waals surface area contributed by atoms with Crippen LogP contribution in [0.4, 0.5) is 0 Å². The van der Waals surface area contributed by atoms with Crippen molar-refractivity contribution < 1.29 is 43.1 Å². The van der Waals surface area contributed by atoms with Gasteiger partial charge in [-0.1, -0.05) is 25.1 Å². The number of esters is 1. The monoisotopic (exact) mass is 536 g/mol. The zero-order valence-corrected chi connectivity index (χ0v) is 22.8. The molecule has 0 aromatic heterocycles. The largest absolute Gasteiger partial charge is 0.493 e. The van der Waals surface area contributed by atoms with E-state index < -0.39 is 17.7 Å². The predicted molar refractivity (Wildman–Crippen MR) is 142 cm³/mol. The number of carbonyl (C=O) groups is 1.